The Morgan fingerprint density at radius 2 is 2.00 bits per heavy atom. The maximum Gasteiger partial charge on any atom is 0.211 e. The zero-order valence-electron chi connectivity index (χ0n) is 11.6. The molecule has 2 aliphatic rings. The Hall–Kier alpha value is -0.130. The van der Waals surface area contributed by atoms with E-state index in [2.05, 4.69) is 20.8 Å². The van der Waals surface area contributed by atoms with Crippen LogP contribution in [0.1, 0.15) is 46.5 Å². The van der Waals surface area contributed by atoms with Crippen LogP contribution in [0.15, 0.2) is 0 Å². The summed E-state index contributed by atoms with van der Waals surface area (Å²) in [6.45, 7) is 7.48. The molecule has 0 aromatic heterocycles. The van der Waals surface area contributed by atoms with Crippen molar-refractivity contribution in [2.24, 2.45) is 21.9 Å². The van der Waals surface area contributed by atoms with Crippen LogP contribution in [0.3, 0.4) is 0 Å². The van der Waals surface area contributed by atoms with Crippen LogP contribution >= 0.6 is 0 Å². The first kappa shape index (κ1) is 14.3. The fourth-order valence-electron chi connectivity index (χ4n) is 4.42. The van der Waals surface area contributed by atoms with Gasteiger partial charge in [0.1, 0.15) is 0 Å². The van der Waals surface area contributed by atoms with Crippen LogP contribution in [0.4, 0.5) is 0 Å². The normalized spacial score (nSPS) is 40.2. The monoisotopic (exact) mass is 275 g/mol. The number of hydrogen-bond acceptors (Lipinski definition) is 3. The van der Waals surface area contributed by atoms with Crippen molar-refractivity contribution in [3.63, 3.8) is 0 Å². The van der Waals surface area contributed by atoms with Crippen molar-refractivity contribution in [3.05, 3.63) is 0 Å². The second-order valence-corrected chi connectivity index (χ2v) is 8.81. The van der Waals surface area contributed by atoms with Gasteiger partial charge in [0, 0.05) is 12.0 Å². The number of rotatable bonds is 2. The van der Waals surface area contributed by atoms with Gasteiger partial charge >= 0.3 is 0 Å². The molecule has 1 spiro atoms. The molecule has 18 heavy (non-hydrogen) atoms. The molecule has 3 unspecified atom stereocenters. The van der Waals surface area contributed by atoms with Gasteiger partial charge in [-0.3, -0.25) is 0 Å². The zero-order valence-corrected chi connectivity index (χ0v) is 12.4. The number of nitrogens with two attached hydrogens (primary N) is 1. The summed E-state index contributed by atoms with van der Waals surface area (Å²) in [5.41, 5.74) is 0.287. The molecule has 2 fully saturated rings. The average molecular weight is 275 g/mol. The van der Waals surface area contributed by atoms with Crippen molar-refractivity contribution in [2.45, 2.75) is 52.6 Å². The van der Waals surface area contributed by atoms with Gasteiger partial charge in [0.25, 0.3) is 0 Å². The fourth-order valence-corrected chi connectivity index (χ4v) is 5.29. The van der Waals surface area contributed by atoms with Crippen molar-refractivity contribution in [1.82, 2.24) is 0 Å². The molecule has 1 saturated carbocycles. The molecule has 106 valence electrons. The molecule has 1 aliphatic heterocycles. The van der Waals surface area contributed by atoms with E-state index < -0.39 is 10.0 Å². The molecule has 1 aliphatic carbocycles. The molecule has 1 saturated heterocycles. The van der Waals surface area contributed by atoms with Crippen LogP contribution in [-0.2, 0) is 14.8 Å². The Bertz CT molecular complexity index is 418. The van der Waals surface area contributed by atoms with Crippen LogP contribution < -0.4 is 5.14 Å². The van der Waals surface area contributed by atoms with Crippen molar-refractivity contribution in [3.8, 4) is 0 Å². The van der Waals surface area contributed by atoms with E-state index in [-0.39, 0.29) is 22.7 Å². The minimum Gasteiger partial charge on any atom is -0.377 e. The molecule has 0 aromatic rings. The van der Waals surface area contributed by atoms with Gasteiger partial charge in [-0.05, 0) is 37.0 Å². The van der Waals surface area contributed by atoms with Gasteiger partial charge in [0.05, 0.1) is 11.9 Å². The Balaban J connectivity index is 2.23. The SMILES string of the molecule is CC1CC(C)(C)CC2(CCOC2CS(N)(=O)=O)C1. The summed E-state index contributed by atoms with van der Waals surface area (Å²) in [5.74, 6) is 0.592. The summed E-state index contributed by atoms with van der Waals surface area (Å²) in [6, 6.07) is 0. The minimum absolute atomic E-state index is 0.0214. The maximum atomic E-state index is 11.4. The van der Waals surface area contributed by atoms with Crippen molar-refractivity contribution >= 4 is 10.0 Å². The largest absolute Gasteiger partial charge is 0.377 e. The smallest absolute Gasteiger partial charge is 0.211 e. The quantitative estimate of drug-likeness (QED) is 0.836. The van der Waals surface area contributed by atoms with Crippen molar-refractivity contribution < 1.29 is 13.2 Å². The summed E-state index contributed by atoms with van der Waals surface area (Å²) in [6.07, 6.45) is 4.08. The summed E-state index contributed by atoms with van der Waals surface area (Å²) < 4.78 is 28.4. The number of ether oxygens (including phenoxy) is 1. The molecule has 2 rings (SSSR count). The van der Waals surface area contributed by atoms with Crippen molar-refractivity contribution in [1.29, 1.82) is 0 Å². The molecule has 5 heteroatoms. The van der Waals surface area contributed by atoms with Gasteiger partial charge in [-0.2, -0.15) is 0 Å². The third kappa shape index (κ3) is 3.06. The first-order chi connectivity index (χ1) is 8.12. The van der Waals surface area contributed by atoms with Gasteiger partial charge in [-0.25, -0.2) is 13.6 Å². The van der Waals surface area contributed by atoms with E-state index in [1.807, 2.05) is 0 Å². The van der Waals surface area contributed by atoms with Gasteiger partial charge in [-0.15, -0.1) is 0 Å². The van der Waals surface area contributed by atoms with Gasteiger partial charge in [0.2, 0.25) is 10.0 Å². The molecule has 0 bridgehead atoms. The molecule has 0 radical (unpaired) electrons. The summed E-state index contributed by atoms with van der Waals surface area (Å²) in [4.78, 5) is 0. The third-order valence-electron chi connectivity index (χ3n) is 4.47. The van der Waals surface area contributed by atoms with Crippen LogP contribution in [0.2, 0.25) is 0 Å². The zero-order chi connectivity index (χ0) is 13.6. The third-order valence-corrected chi connectivity index (χ3v) is 5.24. The maximum absolute atomic E-state index is 11.4. The Labute approximate surface area is 110 Å². The predicted molar refractivity (Wildman–Crippen MR) is 71.6 cm³/mol. The topological polar surface area (TPSA) is 69.4 Å². The fraction of sp³-hybridized carbons (Fsp3) is 1.00. The first-order valence-electron chi connectivity index (χ1n) is 6.74. The van der Waals surface area contributed by atoms with E-state index in [1.165, 1.54) is 6.42 Å². The molecule has 0 amide bonds. The standard InChI is InChI=1S/C13H25NO3S/c1-10-6-12(2,3)9-13(7-10)4-5-17-11(13)8-18(14,15)16/h10-11H,4-9H2,1-3H3,(H2,14,15,16). The van der Waals surface area contributed by atoms with Crippen LogP contribution in [0.5, 0.6) is 0 Å². The average Bonchev–Trinajstić information content (AvgIpc) is 2.41. The van der Waals surface area contributed by atoms with E-state index in [0.29, 0.717) is 12.5 Å². The second kappa shape index (κ2) is 4.46. The van der Waals surface area contributed by atoms with E-state index in [4.69, 9.17) is 9.88 Å². The first-order valence-corrected chi connectivity index (χ1v) is 8.46. The summed E-state index contributed by atoms with van der Waals surface area (Å²) >= 11 is 0. The van der Waals surface area contributed by atoms with Gasteiger partial charge in [0.15, 0.2) is 0 Å². The molecular weight excluding hydrogens is 250 g/mol. The van der Waals surface area contributed by atoms with Crippen LogP contribution in [-0.4, -0.2) is 26.9 Å². The lowest BCUT2D eigenvalue weighted by Crippen LogP contribution is -2.45. The summed E-state index contributed by atoms with van der Waals surface area (Å²) in [7, 11) is -3.46. The Morgan fingerprint density at radius 1 is 1.33 bits per heavy atom. The van der Waals surface area contributed by atoms with E-state index >= 15 is 0 Å². The van der Waals surface area contributed by atoms with Gasteiger partial charge in [-0.1, -0.05) is 20.8 Å². The highest BCUT2D eigenvalue weighted by atomic mass is 32.2. The van der Waals surface area contributed by atoms with E-state index in [1.54, 1.807) is 0 Å². The lowest BCUT2D eigenvalue weighted by atomic mass is 9.58. The predicted octanol–water partition coefficient (Wildman–Crippen LogP) is 1.90. The molecule has 4 nitrogen and oxygen atoms in total. The van der Waals surface area contributed by atoms with Crippen LogP contribution in [0, 0.1) is 16.7 Å². The number of hydrogen-bond donors (Lipinski definition) is 1. The second-order valence-electron chi connectivity index (χ2n) is 7.16. The lowest BCUT2D eigenvalue weighted by Gasteiger charge is -2.47. The highest BCUT2D eigenvalue weighted by Crippen LogP contribution is 2.55. The molecule has 2 N–H and O–H groups in total. The Morgan fingerprint density at radius 3 is 2.56 bits per heavy atom. The van der Waals surface area contributed by atoms with E-state index in [0.717, 1.165) is 19.3 Å². The molecule has 0 aromatic carbocycles. The van der Waals surface area contributed by atoms with Crippen LogP contribution in [0.25, 0.3) is 0 Å². The van der Waals surface area contributed by atoms with E-state index in [9.17, 15) is 8.42 Å². The van der Waals surface area contributed by atoms with Gasteiger partial charge < -0.3 is 4.74 Å². The summed E-state index contributed by atoms with van der Waals surface area (Å²) in [5, 5.41) is 5.20. The molecule has 1 heterocycles. The highest BCUT2D eigenvalue weighted by molar-refractivity contribution is 7.89. The Kier molecular flexibility index (Phi) is 3.54. The minimum atomic E-state index is -3.46. The number of sulfonamides is 1. The van der Waals surface area contributed by atoms with Crippen molar-refractivity contribution in [2.75, 3.05) is 12.4 Å². The molecular formula is C13H25NO3S. The lowest BCUT2D eigenvalue weighted by molar-refractivity contribution is -0.0116. The number of primary sulfonamides is 1. The molecule has 3 atom stereocenters. The highest BCUT2D eigenvalue weighted by Gasteiger charge is 2.51.